The molecule has 1 rings (SSSR count). The number of carboxylic acid groups (broad SMARTS) is 1. The molecular formula is C12H15ClO2S. The van der Waals surface area contributed by atoms with E-state index in [1.54, 1.807) is 25.6 Å². The van der Waals surface area contributed by atoms with Crippen molar-refractivity contribution in [3.8, 4) is 0 Å². The molecule has 0 heterocycles. The minimum Gasteiger partial charge on any atom is -0.481 e. The summed E-state index contributed by atoms with van der Waals surface area (Å²) >= 11 is 7.53. The molecule has 16 heavy (non-hydrogen) atoms. The lowest BCUT2D eigenvalue weighted by Crippen LogP contribution is -2.26. The third-order valence-electron chi connectivity index (χ3n) is 2.45. The van der Waals surface area contributed by atoms with Crippen molar-refractivity contribution in [1.29, 1.82) is 0 Å². The molecule has 0 amide bonds. The first-order valence-electron chi connectivity index (χ1n) is 4.92. The molecule has 0 atom stereocenters. The highest BCUT2D eigenvalue weighted by Gasteiger charge is 2.28. The van der Waals surface area contributed by atoms with Gasteiger partial charge in [0.1, 0.15) is 0 Å². The molecule has 0 aliphatic rings. The van der Waals surface area contributed by atoms with Crippen LogP contribution in [0.15, 0.2) is 23.1 Å². The van der Waals surface area contributed by atoms with Crippen LogP contribution in [0, 0.1) is 5.41 Å². The van der Waals surface area contributed by atoms with Gasteiger partial charge in [-0.2, -0.15) is 0 Å². The summed E-state index contributed by atoms with van der Waals surface area (Å²) in [5.41, 5.74) is 0.224. The number of thioether (sulfide) groups is 1. The minimum atomic E-state index is -0.792. The molecule has 0 spiro atoms. The van der Waals surface area contributed by atoms with Gasteiger partial charge in [0.05, 0.1) is 5.41 Å². The van der Waals surface area contributed by atoms with Gasteiger partial charge in [-0.15, -0.1) is 11.8 Å². The Morgan fingerprint density at radius 3 is 2.62 bits per heavy atom. The lowest BCUT2D eigenvalue weighted by atomic mass is 9.86. The summed E-state index contributed by atoms with van der Waals surface area (Å²) in [4.78, 5) is 12.2. The van der Waals surface area contributed by atoms with Crippen LogP contribution in [0.5, 0.6) is 0 Å². The lowest BCUT2D eigenvalue weighted by Gasteiger charge is -2.20. The van der Waals surface area contributed by atoms with Gasteiger partial charge in [-0.1, -0.05) is 11.6 Å². The van der Waals surface area contributed by atoms with Crippen LogP contribution in [-0.2, 0) is 11.2 Å². The van der Waals surface area contributed by atoms with Crippen LogP contribution in [-0.4, -0.2) is 17.3 Å². The summed E-state index contributed by atoms with van der Waals surface area (Å²) in [5.74, 6) is -0.792. The van der Waals surface area contributed by atoms with Crippen molar-refractivity contribution in [3.05, 3.63) is 28.8 Å². The molecule has 1 N–H and O–H groups in total. The van der Waals surface area contributed by atoms with E-state index >= 15 is 0 Å². The molecule has 0 fully saturated rings. The van der Waals surface area contributed by atoms with Gasteiger partial charge < -0.3 is 5.11 Å². The predicted molar refractivity (Wildman–Crippen MR) is 68.4 cm³/mol. The predicted octanol–water partition coefficient (Wildman–Crippen LogP) is 3.72. The number of hydrogen-bond acceptors (Lipinski definition) is 2. The van der Waals surface area contributed by atoms with Crippen LogP contribution in [0.1, 0.15) is 19.4 Å². The Morgan fingerprint density at radius 1 is 1.50 bits per heavy atom. The van der Waals surface area contributed by atoms with Crippen LogP contribution in [0.4, 0.5) is 0 Å². The Balaban J connectivity index is 3.04. The van der Waals surface area contributed by atoms with E-state index < -0.39 is 11.4 Å². The molecule has 0 saturated carbocycles. The summed E-state index contributed by atoms with van der Waals surface area (Å²) in [6.45, 7) is 3.45. The van der Waals surface area contributed by atoms with E-state index in [1.807, 2.05) is 24.5 Å². The van der Waals surface area contributed by atoms with Crippen LogP contribution < -0.4 is 0 Å². The Labute approximate surface area is 105 Å². The molecule has 0 radical (unpaired) electrons. The summed E-state index contributed by atoms with van der Waals surface area (Å²) in [5, 5.41) is 9.74. The monoisotopic (exact) mass is 258 g/mol. The Kier molecular flexibility index (Phi) is 4.28. The maximum Gasteiger partial charge on any atom is 0.309 e. The van der Waals surface area contributed by atoms with Gasteiger partial charge in [-0.25, -0.2) is 0 Å². The molecule has 1 aromatic rings. The van der Waals surface area contributed by atoms with E-state index in [0.717, 1.165) is 10.5 Å². The largest absolute Gasteiger partial charge is 0.481 e. The van der Waals surface area contributed by atoms with E-state index in [2.05, 4.69) is 0 Å². The van der Waals surface area contributed by atoms with Crippen molar-refractivity contribution >= 4 is 29.3 Å². The van der Waals surface area contributed by atoms with Gasteiger partial charge in [-0.05, 0) is 50.3 Å². The standard InChI is InChI=1S/C12H15ClO2S/c1-12(2,11(14)15)7-8-6-9(13)4-5-10(8)16-3/h4-6H,7H2,1-3H3,(H,14,15). The van der Waals surface area contributed by atoms with Gasteiger partial charge in [0, 0.05) is 9.92 Å². The second-order valence-corrected chi connectivity index (χ2v) is 5.61. The van der Waals surface area contributed by atoms with Crippen LogP contribution in [0.25, 0.3) is 0 Å². The van der Waals surface area contributed by atoms with Crippen molar-refractivity contribution in [3.63, 3.8) is 0 Å². The Hall–Kier alpha value is -0.670. The summed E-state index contributed by atoms with van der Waals surface area (Å²) < 4.78 is 0. The highest BCUT2D eigenvalue weighted by Crippen LogP contribution is 2.30. The van der Waals surface area contributed by atoms with Gasteiger partial charge in [-0.3, -0.25) is 4.79 Å². The number of hydrogen-bond donors (Lipinski definition) is 1. The number of halogens is 1. The fraction of sp³-hybridized carbons (Fsp3) is 0.417. The first-order valence-corrected chi connectivity index (χ1v) is 6.53. The van der Waals surface area contributed by atoms with Crippen molar-refractivity contribution in [2.24, 2.45) is 5.41 Å². The Bertz CT molecular complexity index is 402. The second kappa shape index (κ2) is 5.11. The third-order valence-corrected chi connectivity index (χ3v) is 3.53. The van der Waals surface area contributed by atoms with Crippen molar-refractivity contribution in [2.75, 3.05) is 6.26 Å². The van der Waals surface area contributed by atoms with Crippen molar-refractivity contribution < 1.29 is 9.90 Å². The highest BCUT2D eigenvalue weighted by molar-refractivity contribution is 7.98. The number of carboxylic acids is 1. The fourth-order valence-electron chi connectivity index (χ4n) is 1.44. The second-order valence-electron chi connectivity index (χ2n) is 4.32. The molecule has 0 aromatic heterocycles. The molecule has 0 aliphatic carbocycles. The average Bonchev–Trinajstić information content (AvgIpc) is 2.17. The molecule has 1 aromatic carbocycles. The lowest BCUT2D eigenvalue weighted by molar-refractivity contribution is -0.146. The molecule has 88 valence electrons. The SMILES string of the molecule is CSc1ccc(Cl)cc1CC(C)(C)C(=O)O. The molecule has 2 nitrogen and oxygen atoms in total. The zero-order valence-corrected chi connectivity index (χ0v) is 11.2. The van der Waals surface area contributed by atoms with Gasteiger partial charge >= 0.3 is 5.97 Å². The van der Waals surface area contributed by atoms with Gasteiger partial charge in [0.25, 0.3) is 0 Å². The number of carbonyl (C=O) groups is 1. The van der Waals surface area contributed by atoms with E-state index in [-0.39, 0.29) is 0 Å². The average molecular weight is 259 g/mol. The quantitative estimate of drug-likeness (QED) is 0.837. The van der Waals surface area contributed by atoms with Crippen LogP contribution >= 0.6 is 23.4 Å². The van der Waals surface area contributed by atoms with E-state index in [4.69, 9.17) is 16.7 Å². The molecule has 4 heteroatoms. The normalized spacial score (nSPS) is 11.5. The number of rotatable bonds is 4. The molecule has 0 saturated heterocycles. The van der Waals surface area contributed by atoms with E-state index in [0.29, 0.717) is 11.4 Å². The first kappa shape index (κ1) is 13.4. The van der Waals surface area contributed by atoms with Crippen LogP contribution in [0.2, 0.25) is 5.02 Å². The van der Waals surface area contributed by atoms with Gasteiger partial charge in [0.15, 0.2) is 0 Å². The van der Waals surface area contributed by atoms with Gasteiger partial charge in [0.2, 0.25) is 0 Å². The smallest absolute Gasteiger partial charge is 0.309 e. The maximum absolute atomic E-state index is 11.1. The Morgan fingerprint density at radius 2 is 2.12 bits per heavy atom. The minimum absolute atomic E-state index is 0.485. The molecular weight excluding hydrogens is 244 g/mol. The third kappa shape index (κ3) is 3.16. The van der Waals surface area contributed by atoms with E-state index in [1.165, 1.54) is 0 Å². The zero-order valence-electron chi connectivity index (χ0n) is 9.58. The topological polar surface area (TPSA) is 37.3 Å². The highest BCUT2D eigenvalue weighted by atomic mass is 35.5. The fourth-order valence-corrected chi connectivity index (χ4v) is 2.23. The van der Waals surface area contributed by atoms with Crippen LogP contribution in [0.3, 0.4) is 0 Å². The molecule has 0 aliphatic heterocycles. The van der Waals surface area contributed by atoms with Crippen molar-refractivity contribution in [1.82, 2.24) is 0 Å². The van der Waals surface area contributed by atoms with E-state index in [9.17, 15) is 4.79 Å². The van der Waals surface area contributed by atoms with Crippen molar-refractivity contribution in [2.45, 2.75) is 25.2 Å². The molecule has 0 unspecified atom stereocenters. The maximum atomic E-state index is 11.1. The summed E-state index contributed by atoms with van der Waals surface area (Å²) in [7, 11) is 0. The summed E-state index contributed by atoms with van der Waals surface area (Å²) in [6.07, 6.45) is 2.46. The number of benzene rings is 1. The molecule has 0 bridgehead atoms. The summed E-state index contributed by atoms with van der Waals surface area (Å²) in [6, 6.07) is 5.60. The number of aliphatic carboxylic acids is 1. The first-order chi connectivity index (χ1) is 7.36. The zero-order chi connectivity index (χ0) is 12.3.